The van der Waals surface area contributed by atoms with E-state index in [1.54, 1.807) is 27.7 Å². The number of ether oxygens (including phenoxy) is 1. The number of nitrogens with zero attached hydrogens (tertiary/aromatic N) is 8. The second-order valence-electron chi connectivity index (χ2n) is 8.11. The highest BCUT2D eigenvalue weighted by atomic mass is 32.2. The second kappa shape index (κ2) is 9.02. The van der Waals surface area contributed by atoms with Gasteiger partial charge in [-0.2, -0.15) is 0 Å². The van der Waals surface area contributed by atoms with Crippen molar-refractivity contribution >= 4 is 23.8 Å². The Kier molecular flexibility index (Phi) is 6.64. The third kappa shape index (κ3) is 5.29. The van der Waals surface area contributed by atoms with Gasteiger partial charge >= 0.3 is 6.09 Å². The molecule has 1 aliphatic rings. The number of thioether (sulfide) groups is 1. The van der Waals surface area contributed by atoms with Crippen LogP contribution in [0, 0.1) is 0 Å². The number of imidazole rings is 1. The Hall–Kier alpha value is -2.63. The molecule has 1 fully saturated rings. The van der Waals surface area contributed by atoms with Crippen molar-refractivity contribution in [2.24, 2.45) is 14.1 Å². The predicted octanol–water partition coefficient (Wildman–Crippen LogP) is 1.25. The van der Waals surface area contributed by atoms with Gasteiger partial charge in [0.1, 0.15) is 17.5 Å². The molecule has 11 nitrogen and oxygen atoms in total. The van der Waals surface area contributed by atoms with Crippen LogP contribution < -0.4 is 0 Å². The molecule has 0 aliphatic carbocycles. The zero-order valence-corrected chi connectivity index (χ0v) is 18.8. The molecular formula is C18H28N8O3S. The summed E-state index contributed by atoms with van der Waals surface area (Å²) in [5.74, 6) is 1.31. The molecule has 1 saturated heterocycles. The summed E-state index contributed by atoms with van der Waals surface area (Å²) in [5.41, 5.74) is -0.575. The molecule has 0 saturated carbocycles. The third-order valence-corrected chi connectivity index (χ3v) is 5.65. The first-order valence-electron chi connectivity index (χ1n) is 9.75. The maximum absolute atomic E-state index is 13.0. The fourth-order valence-electron chi connectivity index (χ4n) is 3.21. The van der Waals surface area contributed by atoms with Crippen molar-refractivity contribution < 1.29 is 14.3 Å². The van der Waals surface area contributed by atoms with Gasteiger partial charge in [-0.15, -0.1) is 5.10 Å². The third-order valence-electron chi connectivity index (χ3n) is 4.64. The first-order valence-corrected chi connectivity index (χ1v) is 10.7. The zero-order valence-electron chi connectivity index (χ0n) is 18.0. The van der Waals surface area contributed by atoms with Gasteiger partial charge in [0.2, 0.25) is 11.1 Å². The number of tetrazole rings is 1. The van der Waals surface area contributed by atoms with Crippen molar-refractivity contribution in [3.05, 3.63) is 18.2 Å². The summed E-state index contributed by atoms with van der Waals surface area (Å²) in [6.07, 6.45) is 3.49. The maximum Gasteiger partial charge on any atom is 0.410 e. The summed E-state index contributed by atoms with van der Waals surface area (Å²) in [5, 5.41) is 12.0. The maximum atomic E-state index is 13.0. The molecule has 1 atom stereocenters. The minimum atomic E-state index is -0.575. The van der Waals surface area contributed by atoms with Crippen molar-refractivity contribution in [2.45, 2.75) is 44.0 Å². The van der Waals surface area contributed by atoms with E-state index >= 15 is 0 Å². The number of carbonyl (C=O) groups excluding carboxylic acids is 2. The minimum absolute atomic E-state index is 0.00877. The summed E-state index contributed by atoms with van der Waals surface area (Å²) >= 11 is 1.43. The predicted molar refractivity (Wildman–Crippen MR) is 110 cm³/mol. The summed E-state index contributed by atoms with van der Waals surface area (Å²) < 4.78 is 8.97. The molecule has 3 rings (SSSR count). The van der Waals surface area contributed by atoms with E-state index in [0.717, 1.165) is 5.82 Å². The molecule has 0 spiro atoms. The minimum Gasteiger partial charge on any atom is -0.444 e. The van der Waals surface area contributed by atoms with Crippen LogP contribution in [0.2, 0.25) is 0 Å². The van der Waals surface area contributed by atoms with Crippen LogP contribution in [-0.4, -0.2) is 82.5 Å². The summed E-state index contributed by atoms with van der Waals surface area (Å²) in [6.45, 7) is 6.70. The fourth-order valence-corrected chi connectivity index (χ4v) is 3.99. The van der Waals surface area contributed by atoms with E-state index in [4.69, 9.17) is 4.74 Å². The summed E-state index contributed by atoms with van der Waals surface area (Å²) in [4.78, 5) is 33.5. The zero-order chi connectivity index (χ0) is 21.9. The summed E-state index contributed by atoms with van der Waals surface area (Å²) in [7, 11) is 3.64. The number of amides is 2. The fraction of sp³-hybridized carbons (Fsp3) is 0.667. The van der Waals surface area contributed by atoms with Crippen molar-refractivity contribution in [2.75, 3.05) is 25.4 Å². The Morgan fingerprint density at radius 1 is 1.27 bits per heavy atom. The molecule has 1 aliphatic heterocycles. The van der Waals surface area contributed by atoms with Crippen LogP contribution in [0.25, 0.3) is 0 Å². The van der Waals surface area contributed by atoms with Gasteiger partial charge in [0.15, 0.2) is 0 Å². The van der Waals surface area contributed by atoms with Gasteiger partial charge < -0.3 is 19.1 Å². The number of aromatic nitrogens is 6. The lowest BCUT2D eigenvalue weighted by atomic mass is 10.1. The molecule has 0 radical (unpaired) electrons. The van der Waals surface area contributed by atoms with Crippen molar-refractivity contribution in [3.63, 3.8) is 0 Å². The van der Waals surface area contributed by atoms with E-state index in [9.17, 15) is 9.59 Å². The molecular weight excluding hydrogens is 408 g/mol. The van der Waals surface area contributed by atoms with Crippen LogP contribution in [0.15, 0.2) is 17.6 Å². The van der Waals surface area contributed by atoms with E-state index in [-0.39, 0.29) is 18.0 Å². The molecule has 2 aromatic rings. The van der Waals surface area contributed by atoms with Crippen molar-refractivity contribution in [3.8, 4) is 0 Å². The molecule has 0 unspecified atom stereocenters. The van der Waals surface area contributed by atoms with Crippen LogP contribution in [0.3, 0.4) is 0 Å². The molecule has 3 heterocycles. The average molecular weight is 437 g/mol. The van der Waals surface area contributed by atoms with Crippen LogP contribution in [0.5, 0.6) is 0 Å². The lowest BCUT2D eigenvalue weighted by Gasteiger charge is -2.41. The molecule has 0 bridgehead atoms. The quantitative estimate of drug-likeness (QED) is 0.644. The Labute approximate surface area is 179 Å². The first-order chi connectivity index (χ1) is 14.2. The lowest BCUT2D eigenvalue weighted by Crippen LogP contribution is -2.53. The van der Waals surface area contributed by atoms with E-state index in [1.165, 1.54) is 11.8 Å². The average Bonchev–Trinajstić information content (AvgIpc) is 3.28. The van der Waals surface area contributed by atoms with Crippen LogP contribution in [0.4, 0.5) is 4.79 Å². The lowest BCUT2D eigenvalue weighted by molar-refractivity contribution is -0.136. The number of hydrogen-bond donors (Lipinski definition) is 0. The molecule has 30 heavy (non-hydrogen) atoms. The van der Waals surface area contributed by atoms with Gasteiger partial charge in [-0.25, -0.2) is 14.5 Å². The molecule has 0 aromatic carbocycles. The Morgan fingerprint density at radius 3 is 2.63 bits per heavy atom. The Balaban J connectivity index is 1.68. The molecule has 2 aromatic heterocycles. The van der Waals surface area contributed by atoms with Crippen molar-refractivity contribution in [1.29, 1.82) is 0 Å². The standard InChI is InChI=1S/C18H28N8O3S/c1-18(2,3)29-17(28)25-9-10-26(13(12-25)15-19-7-8-23(15)4)14(27)6-11-30-16-20-21-22-24(16)5/h7-8,13H,6,9-12H2,1-5H3/t13-/m1/s1. The smallest absolute Gasteiger partial charge is 0.410 e. The highest BCUT2D eigenvalue weighted by molar-refractivity contribution is 7.99. The van der Waals surface area contributed by atoms with Gasteiger partial charge in [-0.3, -0.25) is 4.79 Å². The van der Waals surface area contributed by atoms with E-state index in [2.05, 4.69) is 20.5 Å². The number of rotatable bonds is 5. The molecule has 0 N–H and O–H groups in total. The van der Waals surface area contributed by atoms with Crippen LogP contribution >= 0.6 is 11.8 Å². The van der Waals surface area contributed by atoms with Gasteiger partial charge in [0, 0.05) is 51.8 Å². The van der Waals surface area contributed by atoms with E-state index in [0.29, 0.717) is 37.0 Å². The van der Waals surface area contributed by atoms with Gasteiger partial charge in [0.25, 0.3) is 0 Å². The number of aryl methyl sites for hydroxylation is 2. The van der Waals surface area contributed by atoms with Gasteiger partial charge in [-0.1, -0.05) is 11.8 Å². The van der Waals surface area contributed by atoms with Gasteiger partial charge in [0.05, 0.1) is 6.54 Å². The molecule has 2 amide bonds. The first kappa shape index (κ1) is 22.1. The normalized spacial score (nSPS) is 17.3. The monoisotopic (exact) mass is 436 g/mol. The SMILES string of the molecule is Cn1ccnc1[C@H]1CN(C(=O)OC(C)(C)C)CCN1C(=O)CCSc1nnnn1C. The number of hydrogen-bond acceptors (Lipinski definition) is 8. The highest BCUT2D eigenvalue weighted by Gasteiger charge is 2.36. The van der Waals surface area contributed by atoms with Crippen LogP contribution in [-0.2, 0) is 23.6 Å². The molecule has 12 heteroatoms. The van der Waals surface area contributed by atoms with E-state index in [1.807, 2.05) is 38.6 Å². The largest absolute Gasteiger partial charge is 0.444 e. The highest BCUT2D eigenvalue weighted by Crippen LogP contribution is 2.27. The van der Waals surface area contributed by atoms with E-state index < -0.39 is 5.60 Å². The Morgan fingerprint density at radius 2 is 2.03 bits per heavy atom. The number of piperazine rings is 1. The van der Waals surface area contributed by atoms with Crippen molar-refractivity contribution in [1.82, 2.24) is 39.6 Å². The number of carbonyl (C=O) groups is 2. The Bertz CT molecular complexity index is 890. The van der Waals surface area contributed by atoms with Gasteiger partial charge in [-0.05, 0) is 31.2 Å². The topological polar surface area (TPSA) is 111 Å². The summed E-state index contributed by atoms with van der Waals surface area (Å²) in [6, 6.07) is -0.333. The van der Waals surface area contributed by atoms with Crippen LogP contribution in [0.1, 0.15) is 39.1 Å². The molecule has 164 valence electrons. The second-order valence-corrected chi connectivity index (χ2v) is 9.17.